The summed E-state index contributed by atoms with van der Waals surface area (Å²) in [6.07, 6.45) is 25.7. The summed E-state index contributed by atoms with van der Waals surface area (Å²) in [6.45, 7) is 0.831. The van der Waals surface area contributed by atoms with Gasteiger partial charge in [-0.25, -0.2) is 96.7 Å². The van der Waals surface area contributed by atoms with Crippen LogP contribution in [0, 0.1) is 30.3 Å². The number of halogens is 2. The number of anilines is 3. The molecule has 45 heteroatoms. The van der Waals surface area contributed by atoms with Crippen molar-refractivity contribution in [3.05, 3.63) is 303 Å². The van der Waals surface area contributed by atoms with Crippen LogP contribution in [0.2, 0.25) is 5.02 Å². The lowest BCUT2D eigenvalue weighted by molar-refractivity contribution is -0.388. The predicted molar refractivity (Wildman–Crippen MR) is 405 cm³/mol. The molecule has 0 aliphatic rings. The Morgan fingerprint density at radius 2 is 0.775 bits per heavy atom. The standard InChI is InChI=1S/C20H17ClN6O2S.C12H12N4O4S.C12H14N4O2S.C11H10N4O4S.C6H4ClNO4S.C5H7N3/c1-27(12-14-10-22-13-23-11-14)30(28,29)19-5-3-2-4-17(19)26-15-8-16(21)20-18(9-15)24-6-7-25-20;1-15(8-10-6-13-9-14-7-10)21(19,20)12-5-3-2-4-11(12)16(17)18;1-16(8-10-6-14-9-15-7-10)19(17,18)12-5-3-2-4-11(12)13;16-15(17)10-3-1-2-4-11(10)20(18,19)14-7-9-5-12-8-13-6-9;7-13(11,12)6-4-2-1-3-5(6)8(9)10;6-1-5-2-7-4-8-3-5/h2-11,13,26H,12H2,1H3;2-7,9H,8H2,1H3;2-7,9H,8,13H2,1H3;1-6,8,14H,7H2;1-4H;2-4H,1,6H2. The maximum Gasteiger partial charge on any atom is 0.289 e. The lowest BCUT2D eigenvalue weighted by atomic mass is 10.2. The van der Waals surface area contributed by atoms with Crippen LogP contribution in [0.3, 0.4) is 0 Å². The van der Waals surface area contributed by atoms with Gasteiger partial charge >= 0.3 is 0 Å². The number of hydrogen-bond donors (Lipinski definition) is 4. The highest BCUT2D eigenvalue weighted by atomic mass is 35.7. The van der Waals surface area contributed by atoms with E-state index in [0.29, 0.717) is 56.2 Å². The molecular formula is C66H64Cl2N22O16S5. The van der Waals surface area contributed by atoms with E-state index < -0.39 is 85.9 Å². The Kier molecular flexibility index (Phi) is 31.4. The number of nitro groups is 3. The van der Waals surface area contributed by atoms with Crippen molar-refractivity contribution in [1.29, 1.82) is 0 Å². The SMILES string of the molecule is CN(Cc1cncnc1)S(=O)(=O)c1ccccc1N.CN(Cc1cncnc1)S(=O)(=O)c1ccccc1Nc1cc(Cl)c2nccnc2c1.CN(Cc1cncnc1)S(=O)(=O)c1ccccc1[N+](=O)[O-].NCc1cncnc1.O=[N+]([O-])c1ccccc1S(=O)(=O)Cl.O=[N+]([O-])c1ccccc1S(=O)(=O)NCc1cncnc1. The maximum atomic E-state index is 13.2. The Bertz CT molecular complexity index is 5760. The van der Waals surface area contributed by atoms with Crippen molar-refractivity contribution in [3.63, 3.8) is 0 Å². The van der Waals surface area contributed by atoms with Gasteiger partial charge in [-0.2, -0.15) is 12.9 Å². The van der Waals surface area contributed by atoms with E-state index in [1.54, 1.807) is 104 Å². The normalized spacial score (nSPS) is 11.3. The first kappa shape index (κ1) is 86.2. The summed E-state index contributed by atoms with van der Waals surface area (Å²) < 4.78 is 128. The number of aromatic nitrogens is 12. The number of hydrogen-bond acceptors (Lipinski definition) is 31. The van der Waals surface area contributed by atoms with E-state index in [9.17, 15) is 72.4 Å². The minimum atomic E-state index is -4.05. The number of fused-ring (bicyclic) bond motifs is 1. The molecule has 111 heavy (non-hydrogen) atoms. The summed E-state index contributed by atoms with van der Waals surface area (Å²) in [5, 5.41) is 35.7. The maximum absolute atomic E-state index is 13.2. The molecule has 0 bridgehead atoms. The van der Waals surface area contributed by atoms with Crippen molar-refractivity contribution in [1.82, 2.24) is 77.4 Å². The van der Waals surface area contributed by atoms with Crippen molar-refractivity contribution in [2.75, 3.05) is 32.2 Å². The second-order valence-corrected chi connectivity index (χ2v) is 32.9. The van der Waals surface area contributed by atoms with Crippen molar-refractivity contribution in [2.24, 2.45) is 5.73 Å². The van der Waals surface area contributed by atoms with E-state index in [4.69, 9.17) is 33.8 Å². The number of benzene rings is 6. The van der Waals surface area contributed by atoms with Crippen molar-refractivity contribution < 1.29 is 56.9 Å². The number of para-hydroxylation sites is 5. The predicted octanol–water partition coefficient (Wildman–Crippen LogP) is 8.04. The number of nitrogens with one attached hydrogen (secondary N) is 2. The Labute approximate surface area is 644 Å². The van der Waals surface area contributed by atoms with E-state index in [2.05, 4.69) is 69.8 Å². The molecule has 6 heterocycles. The Hall–Kier alpha value is -12.0. The van der Waals surface area contributed by atoms with Gasteiger partial charge in [-0.1, -0.05) is 72.3 Å². The van der Waals surface area contributed by atoms with E-state index in [0.717, 1.165) is 34.1 Å². The van der Waals surface area contributed by atoms with Gasteiger partial charge < -0.3 is 16.8 Å². The van der Waals surface area contributed by atoms with Crippen LogP contribution in [-0.2, 0) is 81.9 Å². The van der Waals surface area contributed by atoms with E-state index >= 15 is 0 Å². The first-order valence-electron chi connectivity index (χ1n) is 31.3. The molecule has 6 N–H and O–H groups in total. The van der Waals surface area contributed by atoms with Gasteiger partial charge in [0.05, 0.1) is 36.7 Å². The Morgan fingerprint density at radius 3 is 1.19 bits per heavy atom. The highest BCUT2D eigenvalue weighted by Crippen LogP contribution is 2.33. The molecular weight excluding hydrogens is 1590 g/mol. The zero-order chi connectivity index (χ0) is 80.9. The summed E-state index contributed by atoms with van der Waals surface area (Å²) in [5.74, 6) is 0. The van der Waals surface area contributed by atoms with Crippen molar-refractivity contribution in [2.45, 2.75) is 57.2 Å². The number of nitrogens with zero attached hydrogens (tertiary/aromatic N) is 18. The lowest BCUT2D eigenvalue weighted by Gasteiger charge is -2.20. The van der Waals surface area contributed by atoms with Gasteiger partial charge in [-0.15, -0.1) is 0 Å². The summed E-state index contributed by atoms with van der Waals surface area (Å²) in [4.78, 5) is 75.6. The number of rotatable bonds is 23. The minimum absolute atomic E-state index is 0.0230. The van der Waals surface area contributed by atoms with Crippen molar-refractivity contribution >= 4 is 117 Å². The molecule has 0 saturated heterocycles. The topological polar surface area (TPSA) is 541 Å². The van der Waals surface area contributed by atoms with E-state index in [1.165, 1.54) is 141 Å². The van der Waals surface area contributed by atoms with E-state index in [1.807, 2.05) is 0 Å². The number of sulfonamides is 4. The lowest BCUT2D eigenvalue weighted by Crippen LogP contribution is -2.27. The molecule has 6 aromatic heterocycles. The number of nitro benzene ring substituents is 3. The second kappa shape index (κ2) is 40.4. The van der Waals surface area contributed by atoms with Gasteiger partial charge in [-0.3, -0.25) is 40.3 Å². The molecule has 12 aromatic rings. The molecule has 0 fully saturated rings. The molecule has 0 aliphatic heterocycles. The van der Waals surface area contributed by atoms with Crippen molar-refractivity contribution in [3.8, 4) is 0 Å². The highest BCUT2D eigenvalue weighted by molar-refractivity contribution is 8.13. The first-order chi connectivity index (χ1) is 52.8. The molecule has 0 radical (unpaired) electrons. The average molecular weight is 1650 g/mol. The molecule has 0 saturated carbocycles. The summed E-state index contributed by atoms with van der Waals surface area (Å²) in [6, 6.07) is 31.8. The van der Waals surface area contributed by atoms with Crippen LogP contribution in [0.5, 0.6) is 0 Å². The van der Waals surface area contributed by atoms with Crippen LogP contribution in [0.25, 0.3) is 11.0 Å². The third-order valence-electron chi connectivity index (χ3n) is 14.4. The summed E-state index contributed by atoms with van der Waals surface area (Å²) in [5.41, 5.74) is 15.5. The highest BCUT2D eigenvalue weighted by Gasteiger charge is 2.31. The molecule has 0 atom stereocenters. The van der Waals surface area contributed by atoms with Gasteiger partial charge in [0.25, 0.3) is 26.1 Å². The molecule has 0 spiro atoms. The van der Waals surface area contributed by atoms with Crippen LogP contribution in [-0.4, -0.2) is 151 Å². The van der Waals surface area contributed by atoms with Crippen LogP contribution >= 0.6 is 22.3 Å². The third-order valence-corrected chi connectivity index (χ3v) is 23.1. The van der Waals surface area contributed by atoms with Gasteiger partial charge in [-0.05, 0) is 54.6 Å². The number of nitrogen functional groups attached to an aromatic ring is 1. The van der Waals surface area contributed by atoms with Crippen LogP contribution in [0.1, 0.15) is 27.8 Å². The fraction of sp³-hybridized carbons (Fsp3) is 0.121. The Morgan fingerprint density at radius 1 is 0.432 bits per heavy atom. The molecule has 38 nitrogen and oxygen atoms in total. The van der Waals surface area contributed by atoms with Gasteiger partial charge in [0.1, 0.15) is 46.9 Å². The van der Waals surface area contributed by atoms with Crippen LogP contribution < -0.4 is 21.5 Å². The zero-order valence-corrected chi connectivity index (χ0v) is 63.7. The molecule has 578 valence electrons. The fourth-order valence-corrected chi connectivity index (χ4v) is 15.5. The molecule has 0 amide bonds. The first-order valence-corrected chi connectivity index (χ1v) is 39.8. The smallest absolute Gasteiger partial charge is 0.289 e. The summed E-state index contributed by atoms with van der Waals surface area (Å²) >= 11 is 6.32. The molecule has 6 aromatic carbocycles. The fourth-order valence-electron chi connectivity index (χ4n) is 9.12. The summed E-state index contributed by atoms with van der Waals surface area (Å²) in [7, 11) is -10.1. The largest absolute Gasteiger partial charge is 0.398 e. The van der Waals surface area contributed by atoms with Crippen LogP contribution in [0.15, 0.2) is 264 Å². The Balaban J connectivity index is 0.000000192. The van der Waals surface area contributed by atoms with Gasteiger partial charge in [0, 0.05) is 191 Å². The molecule has 0 aliphatic carbocycles. The van der Waals surface area contributed by atoms with Crippen LogP contribution in [0.4, 0.5) is 34.1 Å². The second-order valence-electron chi connectivity index (χ2n) is 22.2. The third kappa shape index (κ3) is 25.0. The monoisotopic (exact) mass is 1650 g/mol. The molecule has 0 unspecified atom stereocenters. The van der Waals surface area contributed by atoms with Gasteiger partial charge in [0.2, 0.25) is 40.1 Å². The minimum Gasteiger partial charge on any atom is -0.398 e. The van der Waals surface area contributed by atoms with E-state index in [-0.39, 0.29) is 51.4 Å². The average Bonchev–Trinajstić information content (AvgIpc) is 0.798. The zero-order valence-electron chi connectivity index (χ0n) is 58.1. The quantitative estimate of drug-likeness (QED) is 0.0203. The van der Waals surface area contributed by atoms with Gasteiger partial charge in [0.15, 0.2) is 14.7 Å². The number of nitrogens with two attached hydrogens (primary N) is 2. The molecule has 12 rings (SSSR count).